The second kappa shape index (κ2) is 26.9. The number of nitrogens with zero attached hydrogens (tertiary/aromatic N) is 7. The van der Waals surface area contributed by atoms with E-state index in [0.29, 0.717) is 28.4 Å². The van der Waals surface area contributed by atoms with Crippen LogP contribution in [0.3, 0.4) is 0 Å². The molecule has 9 atom stereocenters. The molecule has 4 aromatic carbocycles. The van der Waals surface area contributed by atoms with E-state index in [4.69, 9.17) is 48.1 Å². The summed E-state index contributed by atoms with van der Waals surface area (Å²) in [4.78, 5) is 24.5. The summed E-state index contributed by atoms with van der Waals surface area (Å²) in [6.07, 6.45) is 7.01. The molecule has 3 aromatic heterocycles. The minimum Gasteiger partial charge on any atom is -0.405 e. The summed E-state index contributed by atoms with van der Waals surface area (Å²) in [5.74, 6) is -1.13. The molecule has 11 rings (SSSR count). The molecule has 0 saturated carbocycles. The van der Waals surface area contributed by atoms with Gasteiger partial charge in [0.1, 0.15) is 59.1 Å². The first kappa shape index (κ1) is 65.4. The number of nitrogens with two attached hydrogens (primary N) is 1. The van der Waals surface area contributed by atoms with Crippen LogP contribution in [0.4, 0.5) is 5.82 Å². The van der Waals surface area contributed by atoms with Crippen LogP contribution in [-0.2, 0) is 42.1 Å². The third-order valence-electron chi connectivity index (χ3n) is 15.3. The highest BCUT2D eigenvalue weighted by atomic mass is 79.9. The minimum absolute atomic E-state index is 0.152. The number of hydrogen-bond acceptors (Lipinski definition) is 20. The zero-order valence-electron chi connectivity index (χ0n) is 50.5. The molecule has 0 aliphatic carbocycles. The summed E-state index contributed by atoms with van der Waals surface area (Å²) in [6, 6.07) is 42.1. The van der Waals surface area contributed by atoms with E-state index < -0.39 is 63.7 Å². The second-order valence-electron chi connectivity index (χ2n) is 23.7. The van der Waals surface area contributed by atoms with E-state index in [1.807, 2.05) is 75.6 Å². The SMILES string of the molecule is CC1(C)O[C@@H]2[C@@H](O[Si](c3ccccc3)(c3ccccc3)C(C)(C)C)O[C@@H](C(Br)C=O)[C@@H]2O1.CSc1nc(SC)c2ncc([C@@H]3O[C@H](CO[Si](c4ccccc4)(c4ccccc4)C(C)(C)C)[C@H]4OC(C)(C)O[C@H]43)n2n1.CSc1nnc(N)c(SC)n1. The van der Waals surface area contributed by atoms with Crippen molar-refractivity contribution in [3.8, 4) is 0 Å². The van der Waals surface area contributed by atoms with E-state index in [2.05, 4.69) is 192 Å². The molecule has 4 aliphatic heterocycles. The lowest BCUT2D eigenvalue weighted by atomic mass is 10.1. The smallest absolute Gasteiger partial charge is 0.264 e. The average molecular weight is 1330 g/mol. The third-order valence-corrected chi connectivity index (χ3v) is 28.4. The topological polar surface area (TPSA) is 199 Å². The van der Waals surface area contributed by atoms with Crippen molar-refractivity contribution < 1.29 is 42.1 Å². The first-order valence-corrected chi connectivity index (χ1v) is 37.6. The molecule has 7 heterocycles. The van der Waals surface area contributed by atoms with Gasteiger partial charge < -0.3 is 47.8 Å². The van der Waals surface area contributed by atoms with E-state index in [-0.39, 0.29) is 28.4 Å². The van der Waals surface area contributed by atoms with Crippen LogP contribution in [0.2, 0.25) is 10.1 Å². The Hall–Kier alpha value is -4.10. The summed E-state index contributed by atoms with van der Waals surface area (Å²) < 4.78 is 54.8. The van der Waals surface area contributed by atoms with Crippen molar-refractivity contribution in [2.24, 2.45) is 0 Å². The molecule has 4 fully saturated rings. The number of aromatic nitrogens is 7. The Bertz CT molecular complexity index is 3280. The predicted molar refractivity (Wildman–Crippen MR) is 347 cm³/mol. The van der Waals surface area contributed by atoms with Crippen molar-refractivity contribution >= 4 is 118 Å². The van der Waals surface area contributed by atoms with Gasteiger partial charge in [0.15, 0.2) is 29.3 Å². The molecule has 0 radical (unpaired) electrons. The molecule has 85 heavy (non-hydrogen) atoms. The van der Waals surface area contributed by atoms with Gasteiger partial charge in [-0.15, -0.1) is 38.8 Å². The molecule has 0 amide bonds. The molecule has 0 bridgehead atoms. The van der Waals surface area contributed by atoms with Crippen LogP contribution < -0.4 is 26.5 Å². The first-order chi connectivity index (χ1) is 40.4. The summed E-state index contributed by atoms with van der Waals surface area (Å²) in [7, 11) is -5.63. The Kier molecular flexibility index (Phi) is 20.7. The summed E-state index contributed by atoms with van der Waals surface area (Å²) in [5, 5.41) is 19.6. The van der Waals surface area contributed by atoms with Crippen LogP contribution in [0.25, 0.3) is 5.65 Å². The number of hydrogen-bond donors (Lipinski definition) is 1. The van der Waals surface area contributed by atoms with Gasteiger partial charge in [-0.05, 0) is 83.5 Å². The zero-order valence-corrected chi connectivity index (χ0v) is 57.3. The van der Waals surface area contributed by atoms with Crippen LogP contribution in [0.5, 0.6) is 0 Å². The molecule has 2 N–H and O–H groups in total. The van der Waals surface area contributed by atoms with Gasteiger partial charge >= 0.3 is 0 Å². The highest BCUT2D eigenvalue weighted by molar-refractivity contribution is 9.10. The van der Waals surface area contributed by atoms with Crippen LogP contribution >= 0.6 is 63.0 Å². The monoisotopic (exact) mass is 1330 g/mol. The molecule has 4 aliphatic rings. The number of anilines is 1. The fraction of sp³-hybridized carbons (Fsp3) is 0.459. The van der Waals surface area contributed by atoms with E-state index in [1.165, 1.54) is 45.7 Å². The number of fused-ring (bicyclic) bond motifs is 3. The average Bonchev–Trinajstić information content (AvgIpc) is 1.87. The Morgan fingerprint density at radius 1 is 0.635 bits per heavy atom. The largest absolute Gasteiger partial charge is 0.405 e. The van der Waals surface area contributed by atoms with Crippen molar-refractivity contribution in [3.63, 3.8) is 0 Å². The van der Waals surface area contributed by atoms with E-state index in [0.717, 1.165) is 32.4 Å². The summed E-state index contributed by atoms with van der Waals surface area (Å²) in [6.45, 7) is 21.5. The standard InChI is InChI=1S/C31H38N4O4S2Si.C25H31BrO5Si.C5H8N4S2/c1-30(2,3)42(20-14-10-8-11-15-20,21-16-12-9-13-17-21)36-19-23-25-26(39-31(4,5)38-25)24(37-23)22-18-32-27-28(40-6)33-29(41-7)34-35(22)27;1-24(2,3)32(17-12-8-6-9-13-17,18-14-10-7-11-15-18)31-23-22-21(29-25(4,5)30-22)20(28-23)19(26)16-27;1-10-4-3(6)8-9-5(7-4)11-2/h8-18,23-26H,19H2,1-7H3;6-16,19-23H,1-5H3;1-2H3,(H2,6,8)/t23-,24+,25-,26+;19?,20-,21-,22-,23+;/m10./s1. The van der Waals surface area contributed by atoms with Crippen molar-refractivity contribution in [1.82, 2.24) is 34.8 Å². The fourth-order valence-electron chi connectivity index (χ4n) is 11.7. The molecule has 0 spiro atoms. The lowest BCUT2D eigenvalue weighted by Crippen LogP contribution is -2.68. The summed E-state index contributed by atoms with van der Waals surface area (Å²) >= 11 is 9.42. The Morgan fingerprint density at radius 2 is 1.11 bits per heavy atom. The lowest BCUT2D eigenvalue weighted by molar-refractivity contribution is -0.214. The van der Waals surface area contributed by atoms with Gasteiger partial charge in [-0.2, -0.15) is 0 Å². The number of nitrogen functional groups attached to an aromatic ring is 1. The van der Waals surface area contributed by atoms with E-state index in [1.54, 1.807) is 11.8 Å². The van der Waals surface area contributed by atoms with Gasteiger partial charge in [0, 0.05) is 0 Å². The molecule has 1 unspecified atom stereocenters. The Morgan fingerprint density at radius 3 is 1.59 bits per heavy atom. The molecule has 454 valence electrons. The number of aldehydes is 1. The van der Waals surface area contributed by atoms with Crippen LogP contribution in [0.1, 0.15) is 81.0 Å². The van der Waals surface area contributed by atoms with Gasteiger partial charge in [0.2, 0.25) is 10.3 Å². The maximum Gasteiger partial charge on any atom is 0.264 e. The fourth-order valence-corrected chi connectivity index (χ4v) is 23.0. The molecule has 7 aromatic rings. The van der Waals surface area contributed by atoms with E-state index >= 15 is 0 Å². The number of carbonyl (C=O) groups is 1. The number of alkyl halides is 1. The number of rotatable bonds is 16. The number of ether oxygens (including phenoxy) is 6. The van der Waals surface area contributed by atoms with Gasteiger partial charge in [0.25, 0.3) is 16.6 Å². The van der Waals surface area contributed by atoms with Crippen molar-refractivity contribution in [2.45, 2.75) is 165 Å². The number of thioether (sulfide) groups is 4. The summed E-state index contributed by atoms with van der Waals surface area (Å²) in [5.41, 5.74) is 7.02. The van der Waals surface area contributed by atoms with Crippen LogP contribution in [0, 0.1) is 0 Å². The number of halogens is 1. The van der Waals surface area contributed by atoms with Crippen LogP contribution in [0.15, 0.2) is 148 Å². The molecule has 24 heteroatoms. The third kappa shape index (κ3) is 13.6. The highest BCUT2D eigenvalue weighted by Gasteiger charge is 2.62. The van der Waals surface area contributed by atoms with Crippen LogP contribution in [-0.4, -0.2) is 149 Å². The van der Waals surface area contributed by atoms with Crippen molar-refractivity contribution in [1.29, 1.82) is 0 Å². The number of imidazole rings is 1. The van der Waals surface area contributed by atoms with Crippen molar-refractivity contribution in [3.05, 3.63) is 133 Å². The van der Waals surface area contributed by atoms with E-state index in [9.17, 15) is 4.79 Å². The molecule has 4 saturated heterocycles. The molecule has 17 nitrogen and oxygen atoms in total. The normalized spacial score (nSPS) is 23.8. The number of benzene rings is 4. The van der Waals surface area contributed by atoms with Gasteiger partial charge in [0.05, 0.1) is 23.3 Å². The first-order valence-electron chi connectivity index (χ1n) is 28.0. The quantitative estimate of drug-likeness (QED) is 0.0415. The second-order valence-corrected chi connectivity index (χ2v) is 36.5. The van der Waals surface area contributed by atoms with Gasteiger partial charge in [-0.25, -0.2) is 19.5 Å². The maximum atomic E-state index is 11.6. The minimum atomic E-state index is -2.86. The van der Waals surface area contributed by atoms with Crippen molar-refractivity contribution in [2.75, 3.05) is 37.4 Å². The molecular weight excluding hydrogens is 1250 g/mol. The zero-order chi connectivity index (χ0) is 61.1. The lowest BCUT2D eigenvalue weighted by Gasteiger charge is -2.45. The maximum absolute atomic E-state index is 11.6. The Labute approximate surface area is 526 Å². The van der Waals surface area contributed by atoms with Gasteiger partial charge in [-0.1, -0.05) is 202 Å². The molecular formula is C61H77BrN8O9S4Si2. The Balaban J connectivity index is 0.000000177. The number of carbonyl (C=O) groups excluding carboxylic acids is 1. The predicted octanol–water partition coefficient (Wildman–Crippen LogP) is 9.77. The highest BCUT2D eigenvalue weighted by Crippen LogP contribution is 2.48. The van der Waals surface area contributed by atoms with Gasteiger partial charge in [-0.3, -0.25) is 0 Å².